The predicted molar refractivity (Wildman–Crippen MR) is 73.8 cm³/mol. The highest BCUT2D eigenvalue weighted by molar-refractivity contribution is 5.81. The summed E-state index contributed by atoms with van der Waals surface area (Å²) < 4.78 is 5.68. The molecule has 1 aromatic rings. The normalized spacial score (nSPS) is 12.3. The number of carbonyl (C=O) groups excluding carboxylic acids is 1. The molecular formula is C15H23NO2. The number of nitrogens with one attached hydrogen (secondary N) is 1. The summed E-state index contributed by atoms with van der Waals surface area (Å²) in [6.07, 6.45) is 1.42. The number of aryl methyl sites for hydroxylation is 1. The summed E-state index contributed by atoms with van der Waals surface area (Å²) in [4.78, 5) is 12.0. The first kappa shape index (κ1) is 14.6. The molecule has 0 aliphatic heterocycles. The van der Waals surface area contributed by atoms with Crippen LogP contribution in [0.3, 0.4) is 0 Å². The van der Waals surface area contributed by atoms with E-state index in [0.717, 1.165) is 24.2 Å². The predicted octanol–water partition coefficient (Wildman–Crippen LogP) is 3.07. The summed E-state index contributed by atoms with van der Waals surface area (Å²) in [6.45, 7) is 7.90. The van der Waals surface area contributed by atoms with Crippen LogP contribution in [0, 0.1) is 6.92 Å². The van der Waals surface area contributed by atoms with E-state index >= 15 is 0 Å². The maximum atomic E-state index is 12.0. The molecule has 0 heterocycles. The molecule has 1 amide bonds. The van der Waals surface area contributed by atoms with Gasteiger partial charge < -0.3 is 10.1 Å². The van der Waals surface area contributed by atoms with Gasteiger partial charge in [0.15, 0.2) is 6.10 Å². The molecule has 1 aromatic carbocycles. The van der Waals surface area contributed by atoms with E-state index in [9.17, 15) is 4.79 Å². The van der Waals surface area contributed by atoms with Gasteiger partial charge in [0.25, 0.3) is 5.91 Å². The third-order valence-electron chi connectivity index (χ3n) is 3.10. The molecule has 18 heavy (non-hydrogen) atoms. The molecule has 0 saturated heterocycles. The Morgan fingerprint density at radius 1 is 1.28 bits per heavy atom. The minimum atomic E-state index is -0.466. The lowest BCUT2D eigenvalue weighted by molar-refractivity contribution is -0.128. The van der Waals surface area contributed by atoms with Crippen LogP contribution in [0.15, 0.2) is 24.3 Å². The summed E-state index contributed by atoms with van der Waals surface area (Å²) in [6, 6.07) is 7.96. The second-order valence-electron chi connectivity index (χ2n) is 4.55. The van der Waals surface area contributed by atoms with Crippen molar-refractivity contribution in [1.29, 1.82) is 0 Å². The number of benzene rings is 1. The second kappa shape index (κ2) is 7.04. The van der Waals surface area contributed by atoms with Crippen molar-refractivity contribution in [2.45, 2.75) is 52.7 Å². The van der Waals surface area contributed by atoms with Crippen molar-refractivity contribution >= 4 is 5.91 Å². The van der Waals surface area contributed by atoms with Crippen LogP contribution in [0.4, 0.5) is 0 Å². The smallest absolute Gasteiger partial charge is 0.260 e. The van der Waals surface area contributed by atoms with Gasteiger partial charge in [-0.2, -0.15) is 0 Å². The highest BCUT2D eigenvalue weighted by Gasteiger charge is 2.17. The van der Waals surface area contributed by atoms with Crippen LogP contribution >= 0.6 is 0 Å². The second-order valence-corrected chi connectivity index (χ2v) is 4.55. The fourth-order valence-electron chi connectivity index (χ4n) is 1.74. The van der Waals surface area contributed by atoms with Crippen molar-refractivity contribution in [2.75, 3.05) is 0 Å². The molecule has 0 aliphatic rings. The van der Waals surface area contributed by atoms with Gasteiger partial charge in [0.1, 0.15) is 5.75 Å². The van der Waals surface area contributed by atoms with E-state index in [0.29, 0.717) is 0 Å². The summed E-state index contributed by atoms with van der Waals surface area (Å²) >= 11 is 0. The lowest BCUT2D eigenvalue weighted by Gasteiger charge is -2.20. The molecule has 1 unspecified atom stereocenters. The van der Waals surface area contributed by atoms with Gasteiger partial charge >= 0.3 is 0 Å². The van der Waals surface area contributed by atoms with E-state index in [1.807, 2.05) is 31.2 Å². The van der Waals surface area contributed by atoms with E-state index < -0.39 is 6.10 Å². The number of para-hydroxylation sites is 1. The van der Waals surface area contributed by atoms with Crippen LogP contribution in [0.25, 0.3) is 0 Å². The first-order chi connectivity index (χ1) is 8.58. The lowest BCUT2D eigenvalue weighted by Crippen LogP contribution is -2.42. The monoisotopic (exact) mass is 249 g/mol. The zero-order valence-electron chi connectivity index (χ0n) is 11.7. The zero-order chi connectivity index (χ0) is 13.5. The summed E-state index contributed by atoms with van der Waals surface area (Å²) in [5.41, 5.74) is 1.04. The van der Waals surface area contributed by atoms with Crippen molar-refractivity contribution in [2.24, 2.45) is 0 Å². The van der Waals surface area contributed by atoms with Crippen LogP contribution in [0.1, 0.15) is 39.2 Å². The van der Waals surface area contributed by atoms with Crippen molar-refractivity contribution in [3.63, 3.8) is 0 Å². The molecule has 1 rings (SSSR count). The Morgan fingerprint density at radius 2 is 1.89 bits per heavy atom. The molecule has 0 saturated carbocycles. The van der Waals surface area contributed by atoms with Gasteiger partial charge in [-0.3, -0.25) is 4.79 Å². The largest absolute Gasteiger partial charge is 0.481 e. The number of carbonyl (C=O) groups is 1. The van der Waals surface area contributed by atoms with Gasteiger partial charge in [0.05, 0.1) is 0 Å². The molecular weight excluding hydrogens is 226 g/mol. The molecule has 0 fully saturated rings. The number of hydrogen-bond acceptors (Lipinski definition) is 2. The SMILES string of the molecule is CCC(CC)NC(=O)C(C)Oc1ccccc1C. The van der Waals surface area contributed by atoms with Gasteiger partial charge in [-0.25, -0.2) is 0 Å². The third-order valence-corrected chi connectivity index (χ3v) is 3.10. The van der Waals surface area contributed by atoms with E-state index in [1.165, 1.54) is 0 Å². The molecule has 0 spiro atoms. The topological polar surface area (TPSA) is 38.3 Å². The van der Waals surface area contributed by atoms with E-state index in [1.54, 1.807) is 6.92 Å². The number of rotatable bonds is 6. The quantitative estimate of drug-likeness (QED) is 0.841. The van der Waals surface area contributed by atoms with Gasteiger partial charge in [-0.1, -0.05) is 32.0 Å². The molecule has 1 N–H and O–H groups in total. The van der Waals surface area contributed by atoms with Crippen molar-refractivity contribution in [3.05, 3.63) is 29.8 Å². The fourth-order valence-corrected chi connectivity index (χ4v) is 1.74. The van der Waals surface area contributed by atoms with Crippen molar-refractivity contribution in [1.82, 2.24) is 5.32 Å². The lowest BCUT2D eigenvalue weighted by atomic mass is 10.1. The van der Waals surface area contributed by atoms with E-state index in [2.05, 4.69) is 19.2 Å². The van der Waals surface area contributed by atoms with Crippen LogP contribution in [-0.4, -0.2) is 18.1 Å². The first-order valence-electron chi connectivity index (χ1n) is 6.61. The number of ether oxygens (including phenoxy) is 1. The average molecular weight is 249 g/mol. The summed E-state index contributed by atoms with van der Waals surface area (Å²) in [7, 11) is 0. The number of amides is 1. The Labute approximate surface area is 110 Å². The third kappa shape index (κ3) is 4.06. The van der Waals surface area contributed by atoms with Gasteiger partial charge in [-0.05, 0) is 38.3 Å². The summed E-state index contributed by atoms with van der Waals surface area (Å²) in [5.74, 6) is 0.719. The minimum absolute atomic E-state index is 0.0491. The number of hydrogen-bond donors (Lipinski definition) is 1. The van der Waals surface area contributed by atoms with Crippen LogP contribution in [-0.2, 0) is 4.79 Å². The molecule has 0 aliphatic carbocycles. The fraction of sp³-hybridized carbons (Fsp3) is 0.533. The molecule has 3 nitrogen and oxygen atoms in total. The Bertz CT molecular complexity index is 386. The maximum Gasteiger partial charge on any atom is 0.260 e. The average Bonchev–Trinajstić information content (AvgIpc) is 2.38. The van der Waals surface area contributed by atoms with Crippen molar-refractivity contribution < 1.29 is 9.53 Å². The molecule has 0 aromatic heterocycles. The van der Waals surface area contributed by atoms with Crippen molar-refractivity contribution in [3.8, 4) is 5.75 Å². The van der Waals surface area contributed by atoms with Gasteiger partial charge in [0.2, 0.25) is 0 Å². The van der Waals surface area contributed by atoms with Crippen LogP contribution in [0.2, 0.25) is 0 Å². The van der Waals surface area contributed by atoms with E-state index in [4.69, 9.17) is 4.74 Å². The Morgan fingerprint density at radius 3 is 2.44 bits per heavy atom. The highest BCUT2D eigenvalue weighted by Crippen LogP contribution is 2.17. The molecule has 0 bridgehead atoms. The zero-order valence-corrected chi connectivity index (χ0v) is 11.7. The molecule has 100 valence electrons. The Kier molecular flexibility index (Phi) is 5.69. The Balaban J connectivity index is 2.57. The summed E-state index contributed by atoms with van der Waals surface area (Å²) in [5, 5.41) is 2.99. The van der Waals surface area contributed by atoms with Crippen LogP contribution in [0.5, 0.6) is 5.75 Å². The maximum absolute atomic E-state index is 12.0. The van der Waals surface area contributed by atoms with Gasteiger partial charge in [0, 0.05) is 6.04 Å². The van der Waals surface area contributed by atoms with E-state index in [-0.39, 0.29) is 11.9 Å². The molecule has 1 atom stereocenters. The first-order valence-corrected chi connectivity index (χ1v) is 6.61. The standard InChI is InChI=1S/C15H23NO2/c1-5-13(6-2)16-15(17)12(4)18-14-10-8-7-9-11(14)3/h7-10,12-13H,5-6H2,1-4H3,(H,16,17). The van der Waals surface area contributed by atoms with Gasteiger partial charge in [-0.15, -0.1) is 0 Å². The molecule has 3 heteroatoms. The minimum Gasteiger partial charge on any atom is -0.481 e. The van der Waals surface area contributed by atoms with Crippen LogP contribution < -0.4 is 10.1 Å². The molecule has 0 radical (unpaired) electrons. The highest BCUT2D eigenvalue weighted by atomic mass is 16.5. The Hall–Kier alpha value is -1.51.